The Morgan fingerprint density at radius 1 is 1.26 bits per heavy atom. The monoisotopic (exact) mass is 274 g/mol. The predicted octanol–water partition coefficient (Wildman–Crippen LogP) is 3.44. The molecule has 100 valence electrons. The number of aromatic nitrogens is 1. The van der Waals surface area contributed by atoms with Gasteiger partial charge in [-0.25, -0.2) is 0 Å². The van der Waals surface area contributed by atoms with Crippen molar-refractivity contribution in [3.05, 3.63) is 36.0 Å². The standard InChI is InChI=1S/C15H18N2OS/c1-9(2)14(19)15(18)17-12-6-4-5-11-8-7-10(3)16-13(11)12/h4-9,14,19H,1-3H3,(H,17,18). The van der Waals surface area contributed by atoms with E-state index in [0.29, 0.717) is 0 Å². The van der Waals surface area contributed by atoms with Crippen LogP contribution in [0.1, 0.15) is 19.5 Å². The van der Waals surface area contributed by atoms with Crippen molar-refractivity contribution in [1.29, 1.82) is 0 Å². The summed E-state index contributed by atoms with van der Waals surface area (Å²) in [5.41, 5.74) is 2.49. The fourth-order valence-corrected chi connectivity index (χ4v) is 1.92. The number of benzene rings is 1. The van der Waals surface area contributed by atoms with Gasteiger partial charge in [-0.1, -0.05) is 32.0 Å². The molecule has 0 bridgehead atoms. The highest BCUT2D eigenvalue weighted by molar-refractivity contribution is 7.81. The molecule has 1 amide bonds. The van der Waals surface area contributed by atoms with Crippen LogP contribution < -0.4 is 5.32 Å². The largest absolute Gasteiger partial charge is 0.323 e. The molecular formula is C15H18N2OS. The van der Waals surface area contributed by atoms with Crippen molar-refractivity contribution in [2.45, 2.75) is 26.0 Å². The Kier molecular flexibility index (Phi) is 4.10. The number of pyridine rings is 1. The fourth-order valence-electron chi connectivity index (χ4n) is 1.85. The first-order valence-electron chi connectivity index (χ1n) is 6.34. The van der Waals surface area contributed by atoms with Gasteiger partial charge in [0.15, 0.2) is 0 Å². The van der Waals surface area contributed by atoms with Crippen molar-refractivity contribution in [1.82, 2.24) is 4.98 Å². The summed E-state index contributed by atoms with van der Waals surface area (Å²) in [5.74, 6) is 0.0992. The third-order valence-corrected chi connectivity index (χ3v) is 3.85. The average molecular weight is 274 g/mol. The lowest BCUT2D eigenvalue weighted by Gasteiger charge is -2.15. The molecule has 1 atom stereocenters. The Labute approximate surface area is 118 Å². The zero-order chi connectivity index (χ0) is 14.0. The van der Waals surface area contributed by atoms with Gasteiger partial charge in [0, 0.05) is 11.1 Å². The van der Waals surface area contributed by atoms with E-state index >= 15 is 0 Å². The van der Waals surface area contributed by atoms with Crippen LogP contribution in [0.2, 0.25) is 0 Å². The molecular weight excluding hydrogens is 256 g/mol. The minimum absolute atomic E-state index is 0.0888. The first-order chi connectivity index (χ1) is 8.99. The van der Waals surface area contributed by atoms with Crippen molar-refractivity contribution in [2.24, 2.45) is 5.92 Å². The highest BCUT2D eigenvalue weighted by Gasteiger charge is 2.18. The molecule has 0 aliphatic rings. The van der Waals surface area contributed by atoms with Crippen LogP contribution in [-0.2, 0) is 4.79 Å². The topological polar surface area (TPSA) is 42.0 Å². The van der Waals surface area contributed by atoms with E-state index in [9.17, 15) is 4.79 Å². The summed E-state index contributed by atoms with van der Waals surface area (Å²) in [6, 6.07) is 9.74. The Hall–Kier alpha value is -1.55. The van der Waals surface area contributed by atoms with Gasteiger partial charge in [0.2, 0.25) is 5.91 Å². The summed E-state index contributed by atoms with van der Waals surface area (Å²) in [7, 11) is 0. The Balaban J connectivity index is 2.35. The quantitative estimate of drug-likeness (QED) is 0.842. The second-order valence-electron chi connectivity index (χ2n) is 5.01. The third kappa shape index (κ3) is 3.07. The molecule has 0 saturated carbocycles. The second-order valence-corrected chi connectivity index (χ2v) is 5.56. The van der Waals surface area contributed by atoms with E-state index in [4.69, 9.17) is 0 Å². The summed E-state index contributed by atoms with van der Waals surface area (Å²) in [6.45, 7) is 5.89. The number of hydrogen-bond acceptors (Lipinski definition) is 3. The molecule has 0 spiro atoms. The molecule has 3 nitrogen and oxygen atoms in total. The van der Waals surface area contributed by atoms with Crippen molar-refractivity contribution in [3.8, 4) is 0 Å². The number of fused-ring (bicyclic) bond motifs is 1. The van der Waals surface area contributed by atoms with Crippen LogP contribution in [0.3, 0.4) is 0 Å². The van der Waals surface area contributed by atoms with Crippen LogP contribution in [0, 0.1) is 12.8 Å². The molecule has 0 aliphatic heterocycles. The molecule has 0 fully saturated rings. The third-order valence-electron chi connectivity index (χ3n) is 3.02. The van der Waals surface area contributed by atoms with E-state index in [1.165, 1.54) is 0 Å². The van der Waals surface area contributed by atoms with Gasteiger partial charge < -0.3 is 5.32 Å². The molecule has 2 aromatic rings. The number of rotatable bonds is 3. The number of thiol groups is 1. The van der Waals surface area contributed by atoms with Gasteiger partial charge in [-0.05, 0) is 25.0 Å². The highest BCUT2D eigenvalue weighted by atomic mass is 32.1. The summed E-state index contributed by atoms with van der Waals surface area (Å²) in [6.07, 6.45) is 0. The normalized spacial score (nSPS) is 12.7. The zero-order valence-corrected chi connectivity index (χ0v) is 12.2. The maximum atomic E-state index is 12.1. The summed E-state index contributed by atoms with van der Waals surface area (Å²) >= 11 is 4.33. The van der Waals surface area contributed by atoms with E-state index in [1.807, 2.05) is 51.1 Å². The average Bonchev–Trinajstić information content (AvgIpc) is 2.38. The lowest BCUT2D eigenvalue weighted by molar-refractivity contribution is -0.116. The molecule has 1 aromatic carbocycles. The van der Waals surface area contributed by atoms with E-state index in [2.05, 4.69) is 22.9 Å². The number of nitrogens with one attached hydrogen (secondary N) is 1. The summed E-state index contributed by atoms with van der Waals surface area (Å²) in [5, 5.41) is 3.61. The Morgan fingerprint density at radius 3 is 2.68 bits per heavy atom. The summed E-state index contributed by atoms with van der Waals surface area (Å²) < 4.78 is 0. The molecule has 1 unspecified atom stereocenters. The van der Waals surface area contributed by atoms with Gasteiger partial charge >= 0.3 is 0 Å². The number of aryl methyl sites for hydroxylation is 1. The SMILES string of the molecule is Cc1ccc2cccc(NC(=O)C(S)C(C)C)c2n1. The van der Waals surface area contributed by atoms with Gasteiger partial charge in [0.05, 0.1) is 16.5 Å². The van der Waals surface area contributed by atoms with Crippen molar-refractivity contribution < 1.29 is 4.79 Å². The van der Waals surface area contributed by atoms with Crippen LogP contribution in [0.15, 0.2) is 30.3 Å². The number of amides is 1. The molecule has 0 saturated heterocycles. The van der Waals surface area contributed by atoms with Crippen LogP contribution in [0.25, 0.3) is 10.9 Å². The van der Waals surface area contributed by atoms with E-state index < -0.39 is 0 Å². The van der Waals surface area contributed by atoms with Gasteiger partial charge in [-0.2, -0.15) is 12.6 Å². The van der Waals surface area contributed by atoms with Crippen LogP contribution in [0.5, 0.6) is 0 Å². The van der Waals surface area contributed by atoms with E-state index in [-0.39, 0.29) is 17.1 Å². The molecule has 1 N–H and O–H groups in total. The maximum absolute atomic E-state index is 12.1. The maximum Gasteiger partial charge on any atom is 0.237 e. The van der Waals surface area contributed by atoms with Crippen LogP contribution in [0.4, 0.5) is 5.69 Å². The number of carbonyl (C=O) groups excluding carboxylic acids is 1. The minimum Gasteiger partial charge on any atom is -0.323 e. The highest BCUT2D eigenvalue weighted by Crippen LogP contribution is 2.23. The van der Waals surface area contributed by atoms with E-state index in [0.717, 1.165) is 22.3 Å². The zero-order valence-electron chi connectivity index (χ0n) is 11.3. The minimum atomic E-state index is -0.319. The Bertz CT molecular complexity index is 610. The van der Waals surface area contributed by atoms with Crippen molar-refractivity contribution in [2.75, 3.05) is 5.32 Å². The van der Waals surface area contributed by atoms with Gasteiger partial charge in [-0.3, -0.25) is 9.78 Å². The van der Waals surface area contributed by atoms with Crippen LogP contribution >= 0.6 is 12.6 Å². The lowest BCUT2D eigenvalue weighted by atomic mass is 10.1. The van der Waals surface area contributed by atoms with Gasteiger partial charge in [-0.15, -0.1) is 0 Å². The number of nitrogens with zero attached hydrogens (tertiary/aromatic N) is 1. The fraction of sp³-hybridized carbons (Fsp3) is 0.333. The van der Waals surface area contributed by atoms with Gasteiger partial charge in [0.25, 0.3) is 0 Å². The smallest absolute Gasteiger partial charge is 0.237 e. The predicted molar refractivity (Wildman–Crippen MR) is 82.7 cm³/mol. The first kappa shape index (κ1) is 13.9. The molecule has 0 radical (unpaired) electrons. The Morgan fingerprint density at radius 2 is 2.00 bits per heavy atom. The second kappa shape index (κ2) is 5.61. The molecule has 1 aromatic heterocycles. The van der Waals surface area contributed by atoms with Gasteiger partial charge in [0.1, 0.15) is 0 Å². The molecule has 4 heteroatoms. The number of anilines is 1. The molecule has 2 rings (SSSR count). The van der Waals surface area contributed by atoms with E-state index in [1.54, 1.807) is 0 Å². The van der Waals surface area contributed by atoms with Crippen molar-refractivity contribution >= 4 is 35.1 Å². The number of carbonyl (C=O) groups is 1. The lowest BCUT2D eigenvalue weighted by Crippen LogP contribution is -2.27. The number of hydrogen-bond donors (Lipinski definition) is 2. The summed E-state index contributed by atoms with van der Waals surface area (Å²) in [4.78, 5) is 16.6. The first-order valence-corrected chi connectivity index (χ1v) is 6.86. The molecule has 1 heterocycles. The molecule has 0 aliphatic carbocycles. The van der Waals surface area contributed by atoms with Crippen LogP contribution in [-0.4, -0.2) is 16.1 Å². The number of para-hydroxylation sites is 1. The molecule has 19 heavy (non-hydrogen) atoms. The van der Waals surface area contributed by atoms with Crippen molar-refractivity contribution in [3.63, 3.8) is 0 Å².